The Morgan fingerprint density at radius 1 is 1.00 bits per heavy atom. The Kier molecular flexibility index (Phi) is 4.49. The summed E-state index contributed by atoms with van der Waals surface area (Å²) in [5.41, 5.74) is 7.12. The molecule has 0 saturated carbocycles. The van der Waals surface area contributed by atoms with E-state index in [0.717, 1.165) is 5.56 Å². The molecule has 0 nitrogen and oxygen atoms in total. The van der Waals surface area contributed by atoms with Gasteiger partial charge in [-0.3, -0.25) is 0 Å². The van der Waals surface area contributed by atoms with Crippen molar-refractivity contribution in [3.8, 4) is 0 Å². The molecule has 0 amide bonds. The molecule has 0 aliphatic carbocycles. The lowest BCUT2D eigenvalue weighted by molar-refractivity contribution is 0.625. The van der Waals surface area contributed by atoms with E-state index in [1.807, 2.05) is 6.07 Å². The van der Waals surface area contributed by atoms with E-state index in [1.54, 1.807) is 12.1 Å². The van der Waals surface area contributed by atoms with E-state index in [-0.39, 0.29) is 11.2 Å². The molecule has 2 aromatic rings. The quantitative estimate of drug-likeness (QED) is 0.647. The first-order valence-corrected chi connectivity index (χ1v) is 7.29. The molecule has 1 atom stereocenters. The lowest BCUT2D eigenvalue weighted by Crippen LogP contribution is -2.05. The minimum Gasteiger partial charge on any atom is -0.207 e. The van der Waals surface area contributed by atoms with Crippen LogP contribution in [0.15, 0.2) is 30.3 Å². The zero-order valence-corrected chi connectivity index (χ0v) is 13.2. The largest absolute Gasteiger partial charge is 0.207 e. The van der Waals surface area contributed by atoms with Gasteiger partial charge in [0.25, 0.3) is 0 Å². The van der Waals surface area contributed by atoms with Crippen molar-refractivity contribution in [1.82, 2.24) is 0 Å². The fraction of sp³-hybridized carbons (Fsp3) is 0.333. The van der Waals surface area contributed by atoms with Crippen molar-refractivity contribution >= 4 is 11.6 Å². The molecule has 1 unspecified atom stereocenters. The van der Waals surface area contributed by atoms with Crippen LogP contribution < -0.4 is 0 Å². The zero-order valence-electron chi connectivity index (χ0n) is 12.4. The van der Waals surface area contributed by atoms with E-state index in [1.165, 1.54) is 33.9 Å². The minimum absolute atomic E-state index is 0.129. The molecule has 0 fully saturated rings. The highest BCUT2D eigenvalue weighted by atomic mass is 35.5. The Labute approximate surface area is 125 Å². The van der Waals surface area contributed by atoms with Gasteiger partial charge in [-0.05, 0) is 79.6 Å². The first-order chi connectivity index (χ1) is 9.40. The molecular formula is C18H20ClF. The van der Waals surface area contributed by atoms with Gasteiger partial charge in [0.2, 0.25) is 0 Å². The smallest absolute Gasteiger partial charge is 0.123 e. The van der Waals surface area contributed by atoms with Gasteiger partial charge in [-0.25, -0.2) is 4.39 Å². The molecule has 0 N–H and O–H groups in total. The summed E-state index contributed by atoms with van der Waals surface area (Å²) in [5, 5.41) is -0.129. The Morgan fingerprint density at radius 3 is 2.15 bits per heavy atom. The van der Waals surface area contributed by atoms with Crippen molar-refractivity contribution in [2.75, 3.05) is 0 Å². The van der Waals surface area contributed by atoms with Crippen LogP contribution in [0.1, 0.15) is 38.8 Å². The lowest BCUT2D eigenvalue weighted by atomic mass is 9.90. The van der Waals surface area contributed by atoms with Crippen LogP contribution in [0.2, 0.25) is 0 Å². The van der Waals surface area contributed by atoms with Crippen LogP contribution >= 0.6 is 11.6 Å². The summed E-state index contributed by atoms with van der Waals surface area (Å²) in [5.74, 6) is -0.208. The van der Waals surface area contributed by atoms with Crippen molar-refractivity contribution in [3.05, 3.63) is 69.5 Å². The van der Waals surface area contributed by atoms with Gasteiger partial charge in [0.15, 0.2) is 0 Å². The van der Waals surface area contributed by atoms with Gasteiger partial charge in [0, 0.05) is 0 Å². The van der Waals surface area contributed by atoms with Crippen molar-refractivity contribution in [3.63, 3.8) is 0 Å². The average Bonchev–Trinajstić information content (AvgIpc) is 2.36. The average molecular weight is 291 g/mol. The first kappa shape index (κ1) is 15.1. The molecule has 2 heteroatoms. The summed E-state index contributed by atoms with van der Waals surface area (Å²) < 4.78 is 13.3. The van der Waals surface area contributed by atoms with E-state index in [9.17, 15) is 4.39 Å². The molecule has 2 rings (SSSR count). The fourth-order valence-electron chi connectivity index (χ4n) is 2.69. The molecule has 0 spiro atoms. The normalized spacial score (nSPS) is 12.5. The van der Waals surface area contributed by atoms with Gasteiger partial charge in [-0.1, -0.05) is 18.2 Å². The summed E-state index contributed by atoms with van der Waals surface area (Å²) in [6.45, 7) is 8.43. The molecule has 0 saturated heterocycles. The van der Waals surface area contributed by atoms with Crippen LogP contribution in [0.4, 0.5) is 4.39 Å². The highest BCUT2D eigenvalue weighted by molar-refractivity contribution is 6.21. The SMILES string of the molecule is Cc1cc(C)c(C)c(C(Cl)Cc2cccc(F)c2)c1C. The van der Waals surface area contributed by atoms with E-state index in [2.05, 4.69) is 33.8 Å². The summed E-state index contributed by atoms with van der Waals surface area (Å²) in [6.07, 6.45) is 0.643. The van der Waals surface area contributed by atoms with Crippen LogP contribution in [0.25, 0.3) is 0 Å². The van der Waals surface area contributed by atoms with Crippen LogP contribution in [-0.2, 0) is 6.42 Å². The van der Waals surface area contributed by atoms with E-state index in [4.69, 9.17) is 11.6 Å². The number of halogens is 2. The second-order valence-electron chi connectivity index (χ2n) is 5.48. The molecule has 0 heterocycles. The third-order valence-electron chi connectivity index (χ3n) is 4.04. The molecule has 0 aliphatic heterocycles. The Morgan fingerprint density at radius 2 is 1.60 bits per heavy atom. The highest BCUT2D eigenvalue weighted by Gasteiger charge is 2.17. The van der Waals surface area contributed by atoms with Crippen molar-refractivity contribution < 1.29 is 4.39 Å². The second kappa shape index (κ2) is 5.97. The third kappa shape index (κ3) is 3.04. The number of hydrogen-bond donors (Lipinski definition) is 0. The Hall–Kier alpha value is -1.34. The van der Waals surface area contributed by atoms with E-state index in [0.29, 0.717) is 6.42 Å². The van der Waals surface area contributed by atoms with Crippen molar-refractivity contribution in [2.24, 2.45) is 0 Å². The summed E-state index contributed by atoms with van der Waals surface area (Å²) in [4.78, 5) is 0. The zero-order chi connectivity index (χ0) is 14.9. The third-order valence-corrected chi connectivity index (χ3v) is 4.41. The number of hydrogen-bond acceptors (Lipinski definition) is 0. The summed E-state index contributed by atoms with van der Waals surface area (Å²) in [6, 6.07) is 8.87. The second-order valence-corrected chi connectivity index (χ2v) is 6.00. The van der Waals surface area contributed by atoms with Crippen LogP contribution in [0.5, 0.6) is 0 Å². The predicted octanol–water partition coefficient (Wildman–Crippen LogP) is 5.58. The van der Waals surface area contributed by atoms with Gasteiger partial charge < -0.3 is 0 Å². The first-order valence-electron chi connectivity index (χ1n) is 6.86. The topological polar surface area (TPSA) is 0 Å². The molecule has 0 aromatic heterocycles. The van der Waals surface area contributed by atoms with Gasteiger partial charge in [-0.15, -0.1) is 11.6 Å². The fourth-order valence-corrected chi connectivity index (χ4v) is 3.20. The molecule has 20 heavy (non-hydrogen) atoms. The summed E-state index contributed by atoms with van der Waals surface area (Å²) in [7, 11) is 0. The number of alkyl halides is 1. The van der Waals surface area contributed by atoms with Gasteiger partial charge in [-0.2, -0.15) is 0 Å². The maximum atomic E-state index is 13.3. The molecule has 2 aromatic carbocycles. The van der Waals surface area contributed by atoms with Crippen LogP contribution in [0, 0.1) is 33.5 Å². The van der Waals surface area contributed by atoms with Crippen molar-refractivity contribution in [2.45, 2.75) is 39.5 Å². The Balaban J connectivity index is 2.37. The van der Waals surface area contributed by atoms with Gasteiger partial charge in [0.05, 0.1) is 5.38 Å². The van der Waals surface area contributed by atoms with Gasteiger partial charge >= 0.3 is 0 Å². The molecule has 0 bridgehead atoms. The van der Waals surface area contributed by atoms with Crippen molar-refractivity contribution in [1.29, 1.82) is 0 Å². The number of aryl methyl sites for hydroxylation is 2. The maximum Gasteiger partial charge on any atom is 0.123 e. The number of benzene rings is 2. The van der Waals surface area contributed by atoms with E-state index >= 15 is 0 Å². The minimum atomic E-state index is -0.208. The monoisotopic (exact) mass is 290 g/mol. The summed E-state index contributed by atoms with van der Waals surface area (Å²) >= 11 is 6.63. The maximum absolute atomic E-state index is 13.3. The molecule has 0 radical (unpaired) electrons. The lowest BCUT2D eigenvalue weighted by Gasteiger charge is -2.20. The predicted molar refractivity (Wildman–Crippen MR) is 84.1 cm³/mol. The number of rotatable bonds is 3. The van der Waals surface area contributed by atoms with E-state index < -0.39 is 0 Å². The Bertz CT molecular complexity index is 605. The highest BCUT2D eigenvalue weighted by Crippen LogP contribution is 2.33. The van der Waals surface area contributed by atoms with Crippen LogP contribution in [0.3, 0.4) is 0 Å². The standard InChI is InChI=1S/C18H20ClF/c1-11-8-12(2)14(4)18(13(11)3)17(19)10-15-6-5-7-16(20)9-15/h5-9,17H,10H2,1-4H3. The molecule has 0 aliphatic rings. The van der Waals surface area contributed by atoms with Gasteiger partial charge in [0.1, 0.15) is 5.82 Å². The molecular weight excluding hydrogens is 271 g/mol. The molecule has 106 valence electrons. The van der Waals surface area contributed by atoms with Crippen LogP contribution in [-0.4, -0.2) is 0 Å².